The molecule has 2 aromatic rings. The van der Waals surface area contributed by atoms with Crippen molar-refractivity contribution < 1.29 is 9.59 Å². The van der Waals surface area contributed by atoms with Crippen LogP contribution in [0.5, 0.6) is 0 Å². The lowest BCUT2D eigenvalue weighted by atomic mass is 10.0. The Morgan fingerprint density at radius 3 is 2.67 bits per heavy atom. The van der Waals surface area contributed by atoms with Gasteiger partial charge < -0.3 is 20.5 Å². The molecule has 3 heterocycles. The maximum Gasteiger partial charge on any atom is 0.256 e. The number of hydrogen-bond donors (Lipinski definition) is 2. The lowest BCUT2D eigenvalue weighted by Crippen LogP contribution is -2.49. The quantitative estimate of drug-likeness (QED) is 0.699. The van der Waals surface area contributed by atoms with Crippen molar-refractivity contribution in [2.75, 3.05) is 19.6 Å². The largest absolute Gasteiger partial charge is 0.354 e. The number of carbonyl (C=O) groups is 2. The average molecular weight is 456 g/mol. The van der Waals surface area contributed by atoms with Crippen LogP contribution in [0.3, 0.4) is 0 Å². The number of halogens is 2. The van der Waals surface area contributed by atoms with E-state index in [9.17, 15) is 9.59 Å². The lowest BCUT2D eigenvalue weighted by molar-refractivity contribution is -0.121. The van der Waals surface area contributed by atoms with Crippen molar-refractivity contribution in [3.63, 3.8) is 0 Å². The highest BCUT2D eigenvalue weighted by atomic mass is 35.5. The van der Waals surface area contributed by atoms with Gasteiger partial charge in [0.25, 0.3) is 5.91 Å². The molecule has 1 saturated heterocycles. The molecule has 0 radical (unpaired) electrons. The van der Waals surface area contributed by atoms with Gasteiger partial charge in [-0.05, 0) is 51.3 Å². The Morgan fingerprint density at radius 2 is 2.00 bits per heavy atom. The minimum absolute atomic E-state index is 0. The van der Waals surface area contributed by atoms with Crippen LogP contribution in [0.1, 0.15) is 47.4 Å². The van der Waals surface area contributed by atoms with Gasteiger partial charge in [-0.3, -0.25) is 9.59 Å². The van der Waals surface area contributed by atoms with Gasteiger partial charge >= 0.3 is 0 Å². The molecule has 1 unspecified atom stereocenters. The number of amides is 2. The summed E-state index contributed by atoms with van der Waals surface area (Å²) in [7, 11) is 0. The summed E-state index contributed by atoms with van der Waals surface area (Å²) in [6.07, 6.45) is 5.01. The van der Waals surface area contributed by atoms with E-state index in [1.165, 1.54) is 0 Å². The number of pyridine rings is 1. The molecule has 0 aromatic carbocycles. The molecule has 1 aliphatic rings. The standard InChI is InChI=1S/C21H29N5O2.2ClH/c1-15-13-18(16(2)26(15)19-8-3-5-11-23-19)21(28)25-12-6-4-7-17(25)14-24-20(27)9-10-22;;/h3,5,8,11,13,17H,4,6-7,9-10,12,14,22H2,1-2H3,(H,24,27);2*1H. The van der Waals surface area contributed by atoms with Crippen LogP contribution >= 0.6 is 24.8 Å². The smallest absolute Gasteiger partial charge is 0.256 e. The van der Waals surface area contributed by atoms with Crippen molar-refractivity contribution in [2.24, 2.45) is 5.73 Å². The molecule has 2 aromatic heterocycles. The first-order valence-corrected chi connectivity index (χ1v) is 9.91. The third-order valence-electron chi connectivity index (χ3n) is 5.33. The van der Waals surface area contributed by atoms with Gasteiger partial charge in [-0.1, -0.05) is 6.07 Å². The summed E-state index contributed by atoms with van der Waals surface area (Å²) in [6.45, 7) is 5.46. The molecule has 0 aliphatic carbocycles. The van der Waals surface area contributed by atoms with E-state index >= 15 is 0 Å². The summed E-state index contributed by atoms with van der Waals surface area (Å²) in [5, 5.41) is 2.92. The Balaban J connectivity index is 0.00000225. The number of aromatic nitrogens is 2. The zero-order chi connectivity index (χ0) is 20.1. The van der Waals surface area contributed by atoms with E-state index in [1.54, 1.807) is 6.20 Å². The minimum atomic E-state index is -0.0613. The molecule has 30 heavy (non-hydrogen) atoms. The van der Waals surface area contributed by atoms with E-state index in [4.69, 9.17) is 5.73 Å². The van der Waals surface area contributed by atoms with Crippen LogP contribution in [0.15, 0.2) is 30.5 Å². The Bertz CT molecular complexity index is 841. The van der Waals surface area contributed by atoms with Crippen LogP contribution in [-0.2, 0) is 4.79 Å². The van der Waals surface area contributed by atoms with Gasteiger partial charge in [-0.15, -0.1) is 24.8 Å². The molecule has 1 aliphatic heterocycles. The van der Waals surface area contributed by atoms with Crippen LogP contribution in [0.25, 0.3) is 5.82 Å². The van der Waals surface area contributed by atoms with Crippen molar-refractivity contribution in [1.82, 2.24) is 19.8 Å². The zero-order valence-electron chi connectivity index (χ0n) is 17.5. The van der Waals surface area contributed by atoms with Gasteiger partial charge in [0.2, 0.25) is 5.91 Å². The fraction of sp³-hybridized carbons (Fsp3) is 0.476. The monoisotopic (exact) mass is 455 g/mol. The van der Waals surface area contributed by atoms with Crippen molar-refractivity contribution in [3.05, 3.63) is 47.4 Å². The maximum absolute atomic E-state index is 13.4. The number of nitrogens with zero attached hydrogens (tertiary/aromatic N) is 3. The predicted molar refractivity (Wildman–Crippen MR) is 123 cm³/mol. The van der Waals surface area contributed by atoms with E-state index in [-0.39, 0.29) is 42.7 Å². The molecule has 0 bridgehead atoms. The molecule has 1 fully saturated rings. The number of likely N-dealkylation sites (tertiary alicyclic amines) is 1. The molecule has 3 N–H and O–H groups in total. The van der Waals surface area contributed by atoms with Gasteiger partial charge in [-0.2, -0.15) is 0 Å². The summed E-state index contributed by atoms with van der Waals surface area (Å²) >= 11 is 0. The second-order valence-corrected chi connectivity index (χ2v) is 7.30. The van der Waals surface area contributed by atoms with Gasteiger partial charge in [0.05, 0.1) is 5.56 Å². The normalized spacial score (nSPS) is 15.7. The van der Waals surface area contributed by atoms with E-state index in [0.717, 1.165) is 36.5 Å². The highest BCUT2D eigenvalue weighted by Crippen LogP contribution is 2.24. The van der Waals surface area contributed by atoms with E-state index < -0.39 is 0 Å². The van der Waals surface area contributed by atoms with Crippen molar-refractivity contribution in [1.29, 1.82) is 0 Å². The molecule has 0 spiro atoms. The molecule has 3 rings (SSSR count). The maximum atomic E-state index is 13.4. The number of nitrogens with one attached hydrogen (secondary N) is 1. The molecule has 9 heteroatoms. The Morgan fingerprint density at radius 1 is 1.23 bits per heavy atom. The Hall–Kier alpha value is -2.09. The third-order valence-corrected chi connectivity index (χ3v) is 5.33. The Labute approximate surface area is 190 Å². The number of aryl methyl sites for hydroxylation is 1. The van der Waals surface area contributed by atoms with Gasteiger partial charge in [0.15, 0.2) is 0 Å². The van der Waals surface area contributed by atoms with E-state index in [0.29, 0.717) is 31.6 Å². The summed E-state index contributed by atoms with van der Waals surface area (Å²) in [5.41, 5.74) is 8.00. The first kappa shape index (κ1) is 25.9. The molecule has 1 atom stereocenters. The molecular weight excluding hydrogens is 425 g/mol. The van der Waals surface area contributed by atoms with Gasteiger partial charge in [0.1, 0.15) is 5.82 Å². The van der Waals surface area contributed by atoms with Crippen LogP contribution < -0.4 is 11.1 Å². The molecule has 2 amide bonds. The molecule has 7 nitrogen and oxygen atoms in total. The second-order valence-electron chi connectivity index (χ2n) is 7.30. The average Bonchev–Trinajstić information content (AvgIpc) is 3.01. The highest BCUT2D eigenvalue weighted by Gasteiger charge is 2.30. The van der Waals surface area contributed by atoms with Crippen molar-refractivity contribution in [3.8, 4) is 5.82 Å². The molecule has 166 valence electrons. The number of rotatable bonds is 6. The van der Waals surface area contributed by atoms with Crippen LogP contribution in [0.4, 0.5) is 0 Å². The van der Waals surface area contributed by atoms with Crippen LogP contribution in [-0.4, -0.2) is 51.9 Å². The van der Waals surface area contributed by atoms with Crippen molar-refractivity contribution >= 4 is 36.6 Å². The molecule has 0 saturated carbocycles. The fourth-order valence-corrected chi connectivity index (χ4v) is 3.90. The topological polar surface area (TPSA) is 93.3 Å². The minimum Gasteiger partial charge on any atom is -0.354 e. The highest BCUT2D eigenvalue weighted by molar-refractivity contribution is 5.96. The first-order valence-electron chi connectivity index (χ1n) is 9.91. The fourth-order valence-electron chi connectivity index (χ4n) is 3.90. The second kappa shape index (κ2) is 11.9. The first-order chi connectivity index (χ1) is 13.5. The van der Waals surface area contributed by atoms with Gasteiger partial charge in [0, 0.05) is 49.7 Å². The SMILES string of the molecule is Cc1cc(C(=O)N2CCCCC2CNC(=O)CCN)c(C)n1-c1ccccn1.Cl.Cl. The summed E-state index contributed by atoms with van der Waals surface area (Å²) in [6, 6.07) is 7.70. The number of hydrogen-bond acceptors (Lipinski definition) is 4. The van der Waals surface area contributed by atoms with E-state index in [1.807, 2.05) is 47.6 Å². The van der Waals surface area contributed by atoms with Gasteiger partial charge in [-0.25, -0.2) is 4.98 Å². The lowest BCUT2D eigenvalue weighted by Gasteiger charge is -2.36. The number of carbonyl (C=O) groups excluding carboxylic acids is 2. The summed E-state index contributed by atoms with van der Waals surface area (Å²) in [4.78, 5) is 31.5. The zero-order valence-corrected chi connectivity index (χ0v) is 19.1. The third kappa shape index (κ3) is 5.74. The van der Waals surface area contributed by atoms with Crippen LogP contribution in [0, 0.1) is 13.8 Å². The number of piperidine rings is 1. The van der Waals surface area contributed by atoms with Crippen molar-refractivity contribution in [2.45, 2.75) is 45.6 Å². The Kier molecular flexibility index (Phi) is 10.3. The van der Waals surface area contributed by atoms with E-state index in [2.05, 4.69) is 10.3 Å². The predicted octanol–water partition coefficient (Wildman–Crippen LogP) is 2.79. The number of nitrogens with two attached hydrogens (primary N) is 1. The summed E-state index contributed by atoms with van der Waals surface area (Å²) < 4.78 is 2.01. The molecular formula is C21H31Cl2N5O2. The van der Waals surface area contributed by atoms with Crippen LogP contribution in [0.2, 0.25) is 0 Å². The summed E-state index contributed by atoms with van der Waals surface area (Å²) in [5.74, 6) is 0.766.